The van der Waals surface area contributed by atoms with E-state index in [1.807, 2.05) is 42.5 Å². The van der Waals surface area contributed by atoms with E-state index in [4.69, 9.17) is 5.73 Å². The molecule has 0 bridgehead atoms. The number of carbonyl (C=O) groups is 2. The first-order valence-corrected chi connectivity index (χ1v) is 6.67. The molecule has 3 aromatic carbocycles. The number of hydrogen-bond acceptors (Lipinski definition) is 2. The molecular formula is C18H11NO2. The normalized spacial score (nSPS) is 12.3. The number of benzene rings is 3. The van der Waals surface area contributed by atoms with E-state index in [9.17, 15) is 9.59 Å². The highest BCUT2D eigenvalue weighted by molar-refractivity contribution is 6.26. The van der Waals surface area contributed by atoms with Crippen molar-refractivity contribution in [1.29, 1.82) is 0 Å². The molecule has 0 fully saturated rings. The van der Waals surface area contributed by atoms with Crippen molar-refractivity contribution in [2.45, 2.75) is 0 Å². The number of rotatable bonds is 1. The minimum Gasteiger partial charge on any atom is -0.366 e. The Balaban J connectivity index is 2.23. The van der Waals surface area contributed by atoms with Gasteiger partial charge in [-0.1, -0.05) is 42.5 Å². The van der Waals surface area contributed by atoms with Gasteiger partial charge in [-0.2, -0.15) is 0 Å². The van der Waals surface area contributed by atoms with Crippen LogP contribution in [0.4, 0.5) is 0 Å². The fourth-order valence-electron chi connectivity index (χ4n) is 3.03. The van der Waals surface area contributed by atoms with E-state index >= 15 is 0 Å². The van der Waals surface area contributed by atoms with E-state index in [-0.39, 0.29) is 5.78 Å². The van der Waals surface area contributed by atoms with Crippen LogP contribution in [-0.2, 0) is 0 Å². The van der Waals surface area contributed by atoms with Crippen molar-refractivity contribution in [3.8, 4) is 11.1 Å². The van der Waals surface area contributed by atoms with Crippen LogP contribution in [0.1, 0.15) is 26.3 Å². The van der Waals surface area contributed by atoms with Gasteiger partial charge < -0.3 is 5.73 Å². The van der Waals surface area contributed by atoms with Gasteiger partial charge in [0.1, 0.15) is 0 Å². The summed E-state index contributed by atoms with van der Waals surface area (Å²) in [6, 6.07) is 16.5. The van der Waals surface area contributed by atoms with E-state index in [0.717, 1.165) is 21.9 Å². The molecule has 1 amide bonds. The second-order valence-corrected chi connectivity index (χ2v) is 5.17. The van der Waals surface area contributed by atoms with Crippen molar-refractivity contribution >= 4 is 22.5 Å². The second-order valence-electron chi connectivity index (χ2n) is 5.17. The van der Waals surface area contributed by atoms with Gasteiger partial charge in [0.05, 0.1) is 0 Å². The molecular weight excluding hydrogens is 262 g/mol. The Morgan fingerprint density at radius 2 is 1.52 bits per heavy atom. The van der Waals surface area contributed by atoms with Gasteiger partial charge >= 0.3 is 0 Å². The molecule has 0 aromatic heterocycles. The summed E-state index contributed by atoms with van der Waals surface area (Å²) < 4.78 is 0. The smallest absolute Gasteiger partial charge is 0.248 e. The van der Waals surface area contributed by atoms with Crippen LogP contribution in [0.5, 0.6) is 0 Å². The van der Waals surface area contributed by atoms with Crippen LogP contribution in [0, 0.1) is 0 Å². The molecule has 100 valence electrons. The molecule has 4 rings (SSSR count). The highest BCUT2D eigenvalue weighted by Gasteiger charge is 2.25. The molecule has 0 radical (unpaired) electrons. The van der Waals surface area contributed by atoms with Crippen LogP contribution < -0.4 is 5.73 Å². The number of nitrogens with two attached hydrogens (primary N) is 1. The Kier molecular flexibility index (Phi) is 2.27. The Hall–Kier alpha value is -2.94. The zero-order valence-corrected chi connectivity index (χ0v) is 11.1. The van der Waals surface area contributed by atoms with Gasteiger partial charge in [-0.15, -0.1) is 0 Å². The van der Waals surface area contributed by atoms with Gasteiger partial charge in [0.15, 0.2) is 5.78 Å². The quantitative estimate of drug-likeness (QED) is 0.579. The van der Waals surface area contributed by atoms with Gasteiger partial charge in [-0.25, -0.2) is 0 Å². The highest BCUT2D eigenvalue weighted by Crippen LogP contribution is 2.39. The number of fused-ring (bicyclic) bond motifs is 2. The minimum atomic E-state index is -0.465. The molecule has 0 heterocycles. The third-order valence-corrected chi connectivity index (χ3v) is 3.97. The zero-order chi connectivity index (χ0) is 14.6. The lowest BCUT2D eigenvalue weighted by Crippen LogP contribution is -2.14. The standard InChI is InChI=1S/C18H11NO2/c19-18(21)11-8-10-4-3-7-14-16(10)15(9-11)12-5-1-2-6-13(12)17(14)20/h1-9H,(H2,19,21). The van der Waals surface area contributed by atoms with E-state index < -0.39 is 5.91 Å². The lowest BCUT2D eigenvalue weighted by molar-refractivity contribution is 0.0999. The van der Waals surface area contributed by atoms with Gasteiger partial charge in [0.2, 0.25) is 5.91 Å². The van der Waals surface area contributed by atoms with Crippen LogP contribution in [0.25, 0.3) is 21.9 Å². The molecule has 0 atom stereocenters. The minimum absolute atomic E-state index is 0.0236. The molecule has 0 saturated carbocycles. The van der Waals surface area contributed by atoms with Gasteiger partial charge in [-0.3, -0.25) is 9.59 Å². The third kappa shape index (κ3) is 1.54. The summed E-state index contributed by atoms with van der Waals surface area (Å²) in [5.74, 6) is -0.441. The maximum absolute atomic E-state index is 12.6. The lowest BCUT2D eigenvalue weighted by Gasteiger charge is -2.20. The summed E-state index contributed by atoms with van der Waals surface area (Å²) in [4.78, 5) is 24.2. The van der Waals surface area contributed by atoms with Crippen molar-refractivity contribution in [3.05, 3.63) is 71.3 Å². The molecule has 1 aliphatic carbocycles. The molecule has 0 aliphatic heterocycles. The molecule has 2 N–H and O–H groups in total. The number of amides is 1. The topological polar surface area (TPSA) is 60.2 Å². The van der Waals surface area contributed by atoms with Gasteiger partial charge in [-0.05, 0) is 28.6 Å². The van der Waals surface area contributed by atoms with Gasteiger partial charge in [0.25, 0.3) is 0 Å². The predicted octanol–water partition coefficient (Wildman–Crippen LogP) is 3.15. The van der Waals surface area contributed by atoms with E-state index in [1.165, 1.54) is 0 Å². The Bertz CT molecular complexity index is 941. The van der Waals surface area contributed by atoms with Crippen LogP contribution in [-0.4, -0.2) is 11.7 Å². The molecule has 3 heteroatoms. The fraction of sp³-hybridized carbons (Fsp3) is 0. The van der Waals surface area contributed by atoms with E-state index in [2.05, 4.69) is 0 Å². The summed E-state index contributed by atoms with van der Waals surface area (Å²) >= 11 is 0. The summed E-state index contributed by atoms with van der Waals surface area (Å²) in [6.45, 7) is 0. The highest BCUT2D eigenvalue weighted by atomic mass is 16.1. The number of carbonyl (C=O) groups excluding carboxylic acids is 2. The molecule has 0 unspecified atom stereocenters. The van der Waals surface area contributed by atoms with Crippen LogP contribution in [0.3, 0.4) is 0 Å². The first-order valence-electron chi connectivity index (χ1n) is 6.67. The van der Waals surface area contributed by atoms with Crippen molar-refractivity contribution in [3.63, 3.8) is 0 Å². The SMILES string of the molecule is NC(=O)c1cc2c3c(cccc3c1)C(=O)c1ccccc1-2. The first-order chi connectivity index (χ1) is 10.2. The predicted molar refractivity (Wildman–Crippen MR) is 81.3 cm³/mol. The molecule has 21 heavy (non-hydrogen) atoms. The van der Waals surface area contributed by atoms with Gasteiger partial charge in [0, 0.05) is 22.1 Å². The monoisotopic (exact) mass is 273 g/mol. The first kappa shape index (κ1) is 11.9. The van der Waals surface area contributed by atoms with Crippen LogP contribution in [0.2, 0.25) is 0 Å². The summed E-state index contributed by atoms with van der Waals surface area (Å²) in [5, 5.41) is 1.76. The Labute approximate surface area is 121 Å². The van der Waals surface area contributed by atoms with Crippen LogP contribution in [0.15, 0.2) is 54.6 Å². The molecule has 0 spiro atoms. The summed E-state index contributed by atoms with van der Waals surface area (Å²) in [6.07, 6.45) is 0. The number of ketones is 1. The van der Waals surface area contributed by atoms with E-state index in [0.29, 0.717) is 16.7 Å². The van der Waals surface area contributed by atoms with Crippen molar-refractivity contribution in [1.82, 2.24) is 0 Å². The average molecular weight is 273 g/mol. The van der Waals surface area contributed by atoms with Crippen molar-refractivity contribution in [2.24, 2.45) is 5.73 Å². The fourth-order valence-corrected chi connectivity index (χ4v) is 3.03. The molecule has 3 aromatic rings. The largest absolute Gasteiger partial charge is 0.366 e. The maximum atomic E-state index is 12.6. The Morgan fingerprint density at radius 3 is 2.29 bits per heavy atom. The molecule has 0 saturated heterocycles. The zero-order valence-electron chi connectivity index (χ0n) is 11.1. The maximum Gasteiger partial charge on any atom is 0.248 e. The average Bonchev–Trinajstić information content (AvgIpc) is 2.51. The van der Waals surface area contributed by atoms with Crippen molar-refractivity contribution in [2.75, 3.05) is 0 Å². The third-order valence-electron chi connectivity index (χ3n) is 3.97. The summed E-state index contributed by atoms with van der Waals surface area (Å²) in [7, 11) is 0. The van der Waals surface area contributed by atoms with Crippen molar-refractivity contribution < 1.29 is 9.59 Å². The Morgan fingerprint density at radius 1 is 0.810 bits per heavy atom. The second kappa shape index (κ2) is 4.03. The van der Waals surface area contributed by atoms with Crippen LogP contribution >= 0.6 is 0 Å². The lowest BCUT2D eigenvalue weighted by atomic mass is 9.82. The number of primary amides is 1. The summed E-state index contributed by atoms with van der Waals surface area (Å²) in [5.41, 5.74) is 8.98. The van der Waals surface area contributed by atoms with E-state index in [1.54, 1.807) is 12.1 Å². The number of hydrogen-bond donors (Lipinski definition) is 1. The molecule has 1 aliphatic rings. The molecule has 3 nitrogen and oxygen atoms in total.